The molecule has 8 heteroatoms. The molecule has 0 radical (unpaired) electrons. The van der Waals surface area contributed by atoms with E-state index < -0.39 is 10.0 Å². The largest absolute Gasteiger partial charge is 0.321 e. The van der Waals surface area contributed by atoms with Crippen LogP contribution in [0.2, 0.25) is 0 Å². The summed E-state index contributed by atoms with van der Waals surface area (Å²) in [5.74, 6) is -0.291. The molecule has 25 heavy (non-hydrogen) atoms. The van der Waals surface area contributed by atoms with E-state index in [-0.39, 0.29) is 10.8 Å². The summed E-state index contributed by atoms with van der Waals surface area (Å²) in [7, 11) is -3.77. The van der Waals surface area contributed by atoms with E-state index in [4.69, 9.17) is 10.4 Å². The monoisotopic (exact) mass is 371 g/mol. The van der Waals surface area contributed by atoms with Crippen molar-refractivity contribution in [3.05, 3.63) is 58.5 Å². The predicted octanol–water partition coefficient (Wildman–Crippen LogP) is 2.98. The van der Waals surface area contributed by atoms with Crippen LogP contribution in [0, 0.1) is 18.3 Å². The van der Waals surface area contributed by atoms with Gasteiger partial charge in [0.2, 0.25) is 10.0 Å². The van der Waals surface area contributed by atoms with Crippen molar-refractivity contribution in [1.82, 2.24) is 0 Å². The molecule has 0 fully saturated rings. The molecule has 3 N–H and O–H groups in total. The summed E-state index contributed by atoms with van der Waals surface area (Å²) in [6.07, 6.45) is 0. The number of thiophene rings is 1. The number of fused-ring (bicyclic) bond motifs is 1. The van der Waals surface area contributed by atoms with Gasteiger partial charge in [-0.3, -0.25) is 4.79 Å². The van der Waals surface area contributed by atoms with Gasteiger partial charge in [0.1, 0.15) is 0 Å². The summed E-state index contributed by atoms with van der Waals surface area (Å²) in [4.78, 5) is 13.1. The molecule has 2 aromatic carbocycles. The highest BCUT2D eigenvalue weighted by molar-refractivity contribution is 7.89. The summed E-state index contributed by atoms with van der Waals surface area (Å²) >= 11 is 1.34. The van der Waals surface area contributed by atoms with Crippen molar-refractivity contribution in [2.24, 2.45) is 5.14 Å². The number of sulfonamides is 1. The molecular formula is C17H13N3O3S2. The van der Waals surface area contributed by atoms with Crippen LogP contribution in [0.1, 0.15) is 20.8 Å². The minimum Gasteiger partial charge on any atom is -0.321 e. The zero-order valence-electron chi connectivity index (χ0n) is 13.1. The van der Waals surface area contributed by atoms with Crippen molar-refractivity contribution in [3.8, 4) is 6.07 Å². The number of primary sulfonamides is 1. The first-order valence-corrected chi connectivity index (χ1v) is 9.53. The van der Waals surface area contributed by atoms with Crippen LogP contribution in [0.15, 0.2) is 47.4 Å². The maximum absolute atomic E-state index is 12.5. The third kappa shape index (κ3) is 3.39. The topological polar surface area (TPSA) is 113 Å². The van der Waals surface area contributed by atoms with E-state index in [1.807, 2.05) is 13.0 Å². The van der Waals surface area contributed by atoms with E-state index in [0.717, 1.165) is 15.6 Å². The fourth-order valence-corrected chi connectivity index (χ4v) is 4.02. The molecule has 0 unspecified atom stereocenters. The number of nitrogens with one attached hydrogen (secondary N) is 1. The SMILES string of the molecule is Cc1c(C(=O)Nc2ccc(S(N)(=O)=O)cc2)sc2ccc(C#N)cc12. The minimum absolute atomic E-state index is 0.0208. The van der Waals surface area contributed by atoms with Crippen molar-refractivity contribution in [1.29, 1.82) is 5.26 Å². The van der Waals surface area contributed by atoms with E-state index >= 15 is 0 Å². The summed E-state index contributed by atoms with van der Waals surface area (Å²) in [6.45, 7) is 1.83. The Morgan fingerprint density at radius 2 is 1.88 bits per heavy atom. The van der Waals surface area contributed by atoms with E-state index in [2.05, 4.69) is 11.4 Å². The molecule has 0 aliphatic rings. The number of nitrogens with two attached hydrogens (primary N) is 1. The van der Waals surface area contributed by atoms with E-state index in [0.29, 0.717) is 16.1 Å². The Hall–Kier alpha value is -2.73. The summed E-state index contributed by atoms with van der Waals surface area (Å²) < 4.78 is 23.4. The molecule has 0 saturated heterocycles. The number of rotatable bonds is 3. The Labute approximate surface area is 148 Å². The van der Waals surface area contributed by atoms with Crippen LogP contribution in [0.5, 0.6) is 0 Å². The Morgan fingerprint density at radius 3 is 2.48 bits per heavy atom. The third-order valence-corrected chi connectivity index (χ3v) is 5.91. The lowest BCUT2D eigenvalue weighted by Crippen LogP contribution is -2.13. The van der Waals surface area contributed by atoms with Gasteiger partial charge in [-0.05, 0) is 60.3 Å². The van der Waals surface area contributed by atoms with Gasteiger partial charge in [0.25, 0.3) is 5.91 Å². The predicted molar refractivity (Wildman–Crippen MR) is 97.0 cm³/mol. The van der Waals surface area contributed by atoms with Gasteiger partial charge in [0, 0.05) is 10.4 Å². The van der Waals surface area contributed by atoms with Gasteiger partial charge in [-0.1, -0.05) is 0 Å². The zero-order chi connectivity index (χ0) is 18.2. The van der Waals surface area contributed by atoms with Gasteiger partial charge in [0.05, 0.1) is 21.4 Å². The number of amides is 1. The lowest BCUT2D eigenvalue weighted by atomic mass is 10.1. The third-order valence-electron chi connectivity index (χ3n) is 3.71. The average molecular weight is 371 g/mol. The standard InChI is InChI=1S/C17H13N3O3S2/c1-10-14-8-11(9-18)2-7-15(14)24-16(10)17(21)20-12-3-5-13(6-4-12)25(19,22)23/h2-8H,1H3,(H,20,21)(H2,19,22,23). The van der Waals surface area contributed by atoms with Crippen LogP contribution in [-0.2, 0) is 10.0 Å². The minimum atomic E-state index is -3.77. The zero-order valence-corrected chi connectivity index (χ0v) is 14.7. The molecule has 1 amide bonds. The molecule has 3 rings (SSSR count). The molecule has 1 heterocycles. The van der Waals surface area contributed by atoms with Crippen LogP contribution in [0.4, 0.5) is 5.69 Å². The number of anilines is 1. The maximum atomic E-state index is 12.5. The number of aryl methyl sites for hydroxylation is 1. The summed E-state index contributed by atoms with van der Waals surface area (Å²) in [5.41, 5.74) is 1.81. The van der Waals surface area contributed by atoms with Crippen LogP contribution in [0.3, 0.4) is 0 Å². The summed E-state index contributed by atoms with van der Waals surface area (Å²) in [5, 5.41) is 17.7. The first kappa shape index (κ1) is 17.1. The molecule has 3 aromatic rings. The molecule has 0 bridgehead atoms. The van der Waals surface area contributed by atoms with Crippen LogP contribution < -0.4 is 10.5 Å². The first-order chi connectivity index (χ1) is 11.8. The van der Waals surface area contributed by atoms with Crippen molar-refractivity contribution < 1.29 is 13.2 Å². The lowest BCUT2D eigenvalue weighted by Gasteiger charge is -2.05. The Balaban J connectivity index is 1.90. The van der Waals surface area contributed by atoms with E-state index in [1.54, 1.807) is 12.1 Å². The van der Waals surface area contributed by atoms with Crippen molar-refractivity contribution in [2.75, 3.05) is 5.32 Å². The molecule has 0 aliphatic heterocycles. The molecule has 126 valence electrons. The molecule has 1 aromatic heterocycles. The average Bonchev–Trinajstić information content (AvgIpc) is 2.91. The van der Waals surface area contributed by atoms with Crippen LogP contribution in [0.25, 0.3) is 10.1 Å². The van der Waals surface area contributed by atoms with Crippen molar-refractivity contribution in [2.45, 2.75) is 11.8 Å². The van der Waals surface area contributed by atoms with E-state index in [1.165, 1.54) is 35.6 Å². The Kier molecular flexibility index (Phi) is 4.30. The summed E-state index contributed by atoms with van der Waals surface area (Å²) in [6, 6.07) is 13.0. The van der Waals surface area contributed by atoms with Gasteiger partial charge < -0.3 is 5.32 Å². The van der Waals surface area contributed by atoms with Gasteiger partial charge in [-0.15, -0.1) is 11.3 Å². The lowest BCUT2D eigenvalue weighted by molar-refractivity contribution is 0.103. The van der Waals surface area contributed by atoms with Gasteiger partial charge in [-0.2, -0.15) is 5.26 Å². The first-order valence-electron chi connectivity index (χ1n) is 7.17. The second kappa shape index (κ2) is 6.29. The van der Waals surface area contributed by atoms with Crippen LogP contribution >= 0.6 is 11.3 Å². The molecule has 0 saturated carbocycles. The molecule has 0 aliphatic carbocycles. The Morgan fingerprint density at radius 1 is 1.20 bits per heavy atom. The number of nitriles is 1. The molecule has 0 atom stereocenters. The molecule has 0 spiro atoms. The normalized spacial score (nSPS) is 11.2. The number of benzene rings is 2. The van der Waals surface area contributed by atoms with Gasteiger partial charge in [0.15, 0.2) is 0 Å². The van der Waals surface area contributed by atoms with Crippen molar-refractivity contribution in [3.63, 3.8) is 0 Å². The van der Waals surface area contributed by atoms with Gasteiger partial charge in [-0.25, -0.2) is 13.6 Å². The maximum Gasteiger partial charge on any atom is 0.266 e. The molecular weight excluding hydrogens is 358 g/mol. The highest BCUT2D eigenvalue weighted by atomic mass is 32.2. The molecule has 6 nitrogen and oxygen atoms in total. The quantitative estimate of drug-likeness (QED) is 0.737. The van der Waals surface area contributed by atoms with E-state index in [9.17, 15) is 13.2 Å². The smallest absolute Gasteiger partial charge is 0.266 e. The number of nitrogens with zero attached hydrogens (tertiary/aromatic N) is 1. The van der Waals surface area contributed by atoms with Crippen molar-refractivity contribution >= 4 is 43.0 Å². The number of hydrogen-bond acceptors (Lipinski definition) is 5. The number of carbonyl (C=O) groups excluding carboxylic acids is 1. The number of carbonyl (C=O) groups is 1. The van der Waals surface area contributed by atoms with Crippen LogP contribution in [-0.4, -0.2) is 14.3 Å². The Bertz CT molecular complexity index is 1120. The highest BCUT2D eigenvalue weighted by Crippen LogP contribution is 2.32. The van der Waals surface area contributed by atoms with Gasteiger partial charge >= 0.3 is 0 Å². The fraction of sp³-hybridized carbons (Fsp3) is 0.0588. The highest BCUT2D eigenvalue weighted by Gasteiger charge is 2.16. The fourth-order valence-electron chi connectivity index (χ4n) is 2.42. The second-order valence-electron chi connectivity index (χ2n) is 5.40. The number of hydrogen-bond donors (Lipinski definition) is 2. The second-order valence-corrected chi connectivity index (χ2v) is 8.02.